The summed E-state index contributed by atoms with van der Waals surface area (Å²) in [7, 11) is 0. The van der Waals surface area contributed by atoms with Crippen LogP contribution in [0, 0.1) is 19.8 Å². The third kappa shape index (κ3) is 2.95. The van der Waals surface area contributed by atoms with E-state index in [-0.39, 0.29) is 5.39 Å². The predicted octanol–water partition coefficient (Wildman–Crippen LogP) is 4.57. The second kappa shape index (κ2) is 6.49. The first kappa shape index (κ1) is 17.5. The number of fused-ring (bicyclic) bond motifs is 2. The molecule has 4 heterocycles. The lowest BCUT2D eigenvalue weighted by molar-refractivity contribution is 0.102. The van der Waals surface area contributed by atoms with E-state index in [4.69, 9.17) is 0 Å². The fourth-order valence-electron chi connectivity index (χ4n) is 3.43. The third-order valence-electron chi connectivity index (χ3n) is 4.69. The monoisotopic (exact) mass is 406 g/mol. The van der Waals surface area contributed by atoms with Crippen molar-refractivity contribution in [3.05, 3.63) is 58.2 Å². The molecular weight excluding hydrogens is 391 g/mol. The van der Waals surface area contributed by atoms with Gasteiger partial charge < -0.3 is 10.3 Å². The number of carbonyl (C=O) groups excluding carboxylic acids is 1. The minimum atomic E-state index is -0.603. The Kier molecular flexibility index (Phi) is 3.92. The molecule has 0 radical (unpaired) electrons. The molecule has 29 heavy (non-hydrogen) atoms. The zero-order valence-corrected chi connectivity index (χ0v) is 16.3. The highest BCUT2D eigenvalue weighted by Crippen LogP contribution is 2.35. The Morgan fingerprint density at radius 3 is 2.90 bits per heavy atom. The van der Waals surface area contributed by atoms with Crippen LogP contribution >= 0.6 is 11.3 Å². The Balaban J connectivity index is 1.67. The molecule has 1 amide bonds. The number of nitrogens with one attached hydrogen (secondary N) is 3. The maximum absolute atomic E-state index is 14.4. The summed E-state index contributed by atoms with van der Waals surface area (Å²) in [6.07, 6.45) is 1.71. The molecule has 5 aromatic rings. The number of hydrogen-bond donors (Lipinski definition) is 3. The van der Waals surface area contributed by atoms with Crippen LogP contribution in [0.15, 0.2) is 35.8 Å². The van der Waals surface area contributed by atoms with Gasteiger partial charge in [-0.3, -0.25) is 9.89 Å². The molecule has 0 bridgehead atoms. The van der Waals surface area contributed by atoms with Gasteiger partial charge in [0.1, 0.15) is 11.3 Å². The number of carbonyl (C=O) groups is 1. The van der Waals surface area contributed by atoms with Crippen LogP contribution in [-0.4, -0.2) is 31.1 Å². The summed E-state index contributed by atoms with van der Waals surface area (Å²) in [6.45, 7) is 3.78. The van der Waals surface area contributed by atoms with Crippen molar-refractivity contribution >= 4 is 44.9 Å². The van der Waals surface area contributed by atoms with Gasteiger partial charge in [-0.1, -0.05) is 0 Å². The van der Waals surface area contributed by atoms with Crippen molar-refractivity contribution in [3.8, 4) is 11.1 Å². The van der Waals surface area contributed by atoms with Gasteiger partial charge in [0.2, 0.25) is 5.95 Å². The molecule has 5 rings (SSSR count). The number of pyridine rings is 1. The van der Waals surface area contributed by atoms with E-state index in [0.29, 0.717) is 16.9 Å². The van der Waals surface area contributed by atoms with Gasteiger partial charge >= 0.3 is 0 Å². The first-order chi connectivity index (χ1) is 14.0. The Labute approximate surface area is 168 Å². The molecule has 0 spiro atoms. The van der Waals surface area contributed by atoms with Crippen molar-refractivity contribution in [2.24, 2.45) is 0 Å². The fourth-order valence-corrected chi connectivity index (χ4v) is 4.02. The minimum absolute atomic E-state index is 0.226. The number of aromatic nitrogens is 5. The summed E-state index contributed by atoms with van der Waals surface area (Å²) in [5, 5.41) is 12.8. The number of aromatic amines is 2. The maximum Gasteiger partial charge on any atom is 0.275 e. The molecule has 0 fully saturated rings. The normalized spacial score (nSPS) is 11.4. The summed E-state index contributed by atoms with van der Waals surface area (Å²) in [5.74, 6) is -1.00. The van der Waals surface area contributed by atoms with Crippen LogP contribution in [0.4, 0.5) is 10.1 Å². The predicted molar refractivity (Wildman–Crippen MR) is 111 cm³/mol. The molecule has 9 heteroatoms. The zero-order valence-electron chi connectivity index (χ0n) is 15.5. The molecule has 7 nitrogen and oxygen atoms in total. The first-order valence-electron chi connectivity index (χ1n) is 8.85. The van der Waals surface area contributed by atoms with Crippen LogP contribution in [0.25, 0.3) is 33.1 Å². The van der Waals surface area contributed by atoms with Crippen molar-refractivity contribution in [2.75, 3.05) is 5.32 Å². The minimum Gasteiger partial charge on any atom is -0.344 e. The van der Waals surface area contributed by atoms with E-state index in [1.54, 1.807) is 23.7 Å². The van der Waals surface area contributed by atoms with E-state index >= 15 is 0 Å². The van der Waals surface area contributed by atoms with Crippen molar-refractivity contribution in [1.82, 2.24) is 25.1 Å². The molecule has 3 N–H and O–H groups in total. The van der Waals surface area contributed by atoms with Gasteiger partial charge in [-0.25, -0.2) is 9.97 Å². The van der Waals surface area contributed by atoms with Crippen molar-refractivity contribution in [1.29, 1.82) is 0 Å². The van der Waals surface area contributed by atoms with Gasteiger partial charge in [0.25, 0.3) is 5.91 Å². The van der Waals surface area contributed by atoms with E-state index < -0.39 is 11.9 Å². The topological polar surface area (TPSA) is 99.3 Å². The molecule has 0 aliphatic heterocycles. The van der Waals surface area contributed by atoms with Crippen molar-refractivity contribution in [2.45, 2.75) is 13.8 Å². The number of amides is 1. The largest absolute Gasteiger partial charge is 0.344 e. The molecular formula is C20H15FN6OS. The number of anilines is 1. The quantitative estimate of drug-likeness (QED) is 0.409. The molecule has 4 aromatic heterocycles. The molecule has 0 saturated heterocycles. The Hall–Kier alpha value is -3.59. The van der Waals surface area contributed by atoms with Crippen LogP contribution in [0.2, 0.25) is 0 Å². The van der Waals surface area contributed by atoms with Crippen LogP contribution < -0.4 is 5.32 Å². The van der Waals surface area contributed by atoms with Gasteiger partial charge in [-0.2, -0.15) is 9.49 Å². The lowest BCUT2D eigenvalue weighted by Crippen LogP contribution is -2.12. The smallest absolute Gasteiger partial charge is 0.275 e. The number of rotatable bonds is 3. The second-order valence-corrected chi connectivity index (χ2v) is 7.80. The standard InChI is InChI=1S/C20H15FN6OS/c1-9-5-13-12(3-4-22-19(13)23-9)11-6-14(17-15(7-11)26-27-18(17)21)25-20(28)16-8-29-10(2)24-16/h3-8H,1-2H3,(H,22,23)(H,25,28)(H,26,27). The average molecular weight is 406 g/mol. The molecule has 0 aliphatic carbocycles. The Bertz CT molecular complexity index is 1400. The van der Waals surface area contributed by atoms with E-state index in [1.165, 1.54) is 11.3 Å². The summed E-state index contributed by atoms with van der Waals surface area (Å²) in [4.78, 5) is 24.4. The van der Waals surface area contributed by atoms with Crippen LogP contribution in [0.5, 0.6) is 0 Å². The number of hydrogen-bond acceptors (Lipinski definition) is 5. The first-order valence-corrected chi connectivity index (χ1v) is 9.73. The van der Waals surface area contributed by atoms with Gasteiger partial charge in [-0.05, 0) is 49.2 Å². The summed E-state index contributed by atoms with van der Waals surface area (Å²) in [6, 6.07) is 7.42. The number of nitrogens with zero attached hydrogens (tertiary/aromatic N) is 3. The molecule has 1 aromatic carbocycles. The highest BCUT2D eigenvalue weighted by Gasteiger charge is 2.18. The molecule has 0 aliphatic rings. The SMILES string of the molecule is Cc1cc2c(-c3cc(NC(=O)c4csc(C)n4)c4c(F)[nH]nc4c3)ccnc2[nH]1. The maximum atomic E-state index is 14.4. The highest BCUT2D eigenvalue weighted by molar-refractivity contribution is 7.09. The molecule has 0 unspecified atom stereocenters. The van der Waals surface area contributed by atoms with Crippen LogP contribution in [0.3, 0.4) is 0 Å². The third-order valence-corrected chi connectivity index (χ3v) is 5.46. The number of thiazole rings is 1. The van der Waals surface area contributed by atoms with Gasteiger partial charge in [0.05, 0.1) is 21.6 Å². The fraction of sp³-hybridized carbons (Fsp3) is 0.100. The van der Waals surface area contributed by atoms with E-state index in [0.717, 1.165) is 32.9 Å². The van der Waals surface area contributed by atoms with Crippen LogP contribution in [0.1, 0.15) is 21.2 Å². The summed E-state index contributed by atoms with van der Waals surface area (Å²) < 4.78 is 14.4. The number of halogens is 1. The Morgan fingerprint density at radius 1 is 1.24 bits per heavy atom. The van der Waals surface area contributed by atoms with Gasteiger partial charge in [0, 0.05) is 22.7 Å². The molecule has 144 valence electrons. The number of aryl methyl sites for hydroxylation is 2. The highest BCUT2D eigenvalue weighted by atomic mass is 32.1. The lowest BCUT2D eigenvalue weighted by atomic mass is 10.0. The van der Waals surface area contributed by atoms with Gasteiger partial charge in [-0.15, -0.1) is 11.3 Å². The van der Waals surface area contributed by atoms with Crippen LogP contribution in [-0.2, 0) is 0 Å². The van der Waals surface area contributed by atoms with E-state index in [1.807, 2.05) is 26.0 Å². The van der Waals surface area contributed by atoms with Crippen molar-refractivity contribution < 1.29 is 9.18 Å². The second-order valence-electron chi connectivity index (χ2n) is 6.73. The summed E-state index contributed by atoms with van der Waals surface area (Å²) >= 11 is 1.38. The number of benzene rings is 1. The zero-order chi connectivity index (χ0) is 20.1. The average Bonchev–Trinajstić information content (AvgIpc) is 3.39. The van der Waals surface area contributed by atoms with Gasteiger partial charge in [0.15, 0.2) is 0 Å². The lowest BCUT2D eigenvalue weighted by Gasteiger charge is -2.09. The summed E-state index contributed by atoms with van der Waals surface area (Å²) in [5.41, 5.74) is 4.49. The Morgan fingerprint density at radius 2 is 2.10 bits per heavy atom. The van der Waals surface area contributed by atoms with E-state index in [2.05, 4.69) is 30.5 Å². The number of H-pyrrole nitrogens is 2. The molecule has 0 atom stereocenters. The van der Waals surface area contributed by atoms with E-state index in [9.17, 15) is 9.18 Å². The molecule has 0 saturated carbocycles. The van der Waals surface area contributed by atoms with Crippen molar-refractivity contribution in [3.63, 3.8) is 0 Å².